The Hall–Kier alpha value is -1.33. The number of thiophene rings is 1. The molecule has 0 aliphatic carbocycles. The Bertz CT molecular complexity index is 565. The fourth-order valence-electron chi connectivity index (χ4n) is 1.61. The molecule has 1 aromatic heterocycles. The van der Waals surface area contributed by atoms with Crippen LogP contribution in [0.5, 0.6) is 0 Å². The first-order chi connectivity index (χ1) is 8.52. The zero-order chi connectivity index (χ0) is 13.3. The Kier molecular flexibility index (Phi) is 3.73. The molecule has 0 spiro atoms. The van der Waals surface area contributed by atoms with E-state index >= 15 is 0 Å². The van der Waals surface area contributed by atoms with Gasteiger partial charge in [-0.3, -0.25) is 0 Å². The lowest BCUT2D eigenvalue weighted by atomic mass is 10.1. The minimum atomic E-state index is -1.18. The highest BCUT2D eigenvalue weighted by Gasteiger charge is 2.14. The van der Waals surface area contributed by atoms with Gasteiger partial charge in [0.25, 0.3) is 0 Å². The number of hydrogen-bond donors (Lipinski definition) is 1. The second kappa shape index (κ2) is 5.12. The molecule has 5 heteroatoms. The summed E-state index contributed by atoms with van der Waals surface area (Å²) in [5.74, 6) is -3.01. The molecule has 1 heterocycles. The van der Waals surface area contributed by atoms with E-state index in [1.165, 1.54) is 11.3 Å². The maximum absolute atomic E-state index is 13.6. The zero-order valence-corrected chi connectivity index (χ0v) is 10.5. The minimum Gasteiger partial charge on any atom is -0.323 e. The van der Waals surface area contributed by atoms with Crippen LogP contribution < -0.4 is 5.73 Å². The van der Waals surface area contributed by atoms with Gasteiger partial charge in [-0.25, -0.2) is 13.2 Å². The van der Waals surface area contributed by atoms with Crippen LogP contribution in [-0.4, -0.2) is 0 Å². The van der Waals surface area contributed by atoms with Crippen LogP contribution in [0.1, 0.15) is 24.3 Å². The summed E-state index contributed by atoms with van der Waals surface area (Å²) in [6.07, 6.45) is 0.764. The Morgan fingerprint density at radius 3 is 2.44 bits per heavy atom. The van der Waals surface area contributed by atoms with Crippen molar-refractivity contribution in [3.05, 3.63) is 46.6 Å². The second-order valence-electron chi connectivity index (χ2n) is 3.96. The topological polar surface area (TPSA) is 26.0 Å². The van der Waals surface area contributed by atoms with Crippen molar-refractivity contribution in [1.29, 1.82) is 0 Å². The molecule has 0 saturated carbocycles. The van der Waals surface area contributed by atoms with Gasteiger partial charge in [-0.05, 0) is 24.6 Å². The summed E-state index contributed by atoms with van der Waals surface area (Å²) in [4.78, 5) is 1.45. The molecule has 1 nitrogen and oxygen atoms in total. The normalized spacial score (nSPS) is 12.7. The van der Waals surface area contributed by atoms with Gasteiger partial charge in [-0.15, -0.1) is 11.3 Å². The SMILES string of the molecule is CCC(N)c1ccc(-c2cc(F)c(F)cc2F)s1. The average molecular weight is 271 g/mol. The second-order valence-corrected chi connectivity index (χ2v) is 5.08. The van der Waals surface area contributed by atoms with Gasteiger partial charge in [0.1, 0.15) is 5.82 Å². The van der Waals surface area contributed by atoms with Gasteiger partial charge >= 0.3 is 0 Å². The largest absolute Gasteiger partial charge is 0.323 e. The van der Waals surface area contributed by atoms with Gasteiger partial charge in [-0.1, -0.05) is 6.92 Å². The smallest absolute Gasteiger partial charge is 0.161 e. The Balaban J connectivity index is 2.43. The number of nitrogens with two attached hydrogens (primary N) is 1. The Labute approximate surface area is 107 Å². The third-order valence-corrected chi connectivity index (χ3v) is 3.96. The van der Waals surface area contributed by atoms with Crippen LogP contribution in [0.4, 0.5) is 13.2 Å². The van der Waals surface area contributed by atoms with Gasteiger partial charge in [0.05, 0.1) is 0 Å². The van der Waals surface area contributed by atoms with E-state index in [4.69, 9.17) is 5.73 Å². The van der Waals surface area contributed by atoms with Crippen molar-refractivity contribution in [3.63, 3.8) is 0 Å². The fourth-order valence-corrected chi connectivity index (χ4v) is 2.72. The molecule has 2 N–H and O–H groups in total. The van der Waals surface area contributed by atoms with Crippen LogP contribution in [0.15, 0.2) is 24.3 Å². The van der Waals surface area contributed by atoms with Crippen molar-refractivity contribution in [3.8, 4) is 10.4 Å². The van der Waals surface area contributed by atoms with Gasteiger partial charge in [0.2, 0.25) is 0 Å². The third kappa shape index (κ3) is 2.42. The third-order valence-electron chi connectivity index (χ3n) is 2.71. The quantitative estimate of drug-likeness (QED) is 0.830. The summed E-state index contributed by atoms with van der Waals surface area (Å²) >= 11 is 1.29. The lowest BCUT2D eigenvalue weighted by molar-refractivity contribution is 0.496. The maximum atomic E-state index is 13.6. The summed E-state index contributed by atoms with van der Waals surface area (Å²) in [6.45, 7) is 1.95. The lowest BCUT2D eigenvalue weighted by Gasteiger charge is -2.04. The fraction of sp³-hybridized carbons (Fsp3) is 0.231. The first-order valence-corrected chi connectivity index (χ1v) is 6.34. The van der Waals surface area contributed by atoms with E-state index in [0.29, 0.717) is 10.9 Å². The van der Waals surface area contributed by atoms with Crippen molar-refractivity contribution in [2.75, 3.05) is 0 Å². The summed E-state index contributed by atoms with van der Waals surface area (Å²) in [7, 11) is 0. The summed E-state index contributed by atoms with van der Waals surface area (Å²) in [6, 6.07) is 4.78. The zero-order valence-electron chi connectivity index (χ0n) is 9.71. The molecule has 1 unspecified atom stereocenters. The highest BCUT2D eigenvalue weighted by Crippen LogP contribution is 2.33. The first kappa shape index (κ1) is 13.1. The van der Waals surface area contributed by atoms with E-state index in [2.05, 4.69) is 0 Å². The van der Waals surface area contributed by atoms with E-state index in [9.17, 15) is 13.2 Å². The standard InChI is InChI=1S/C13H12F3NS/c1-2-11(17)13-4-3-12(18-13)7-5-9(15)10(16)6-8(7)14/h3-6,11H,2,17H2,1H3. The molecule has 0 amide bonds. The molecule has 0 radical (unpaired) electrons. The summed E-state index contributed by atoms with van der Waals surface area (Å²) < 4.78 is 39.5. The van der Waals surface area contributed by atoms with E-state index in [0.717, 1.165) is 17.4 Å². The minimum absolute atomic E-state index is 0.0634. The highest BCUT2D eigenvalue weighted by molar-refractivity contribution is 7.15. The highest BCUT2D eigenvalue weighted by atomic mass is 32.1. The number of hydrogen-bond acceptors (Lipinski definition) is 2. The predicted octanol–water partition coefficient (Wildman–Crippen LogP) is 4.24. The summed E-state index contributed by atoms with van der Waals surface area (Å²) in [5, 5.41) is 0. The van der Waals surface area contributed by atoms with Gasteiger partial charge in [0, 0.05) is 27.4 Å². The summed E-state index contributed by atoms with van der Waals surface area (Å²) in [5.41, 5.74) is 5.92. The maximum Gasteiger partial charge on any atom is 0.161 e. The van der Waals surface area contributed by atoms with E-state index < -0.39 is 17.5 Å². The molecule has 1 aromatic carbocycles. The molecular formula is C13H12F3NS. The van der Waals surface area contributed by atoms with Crippen molar-refractivity contribution < 1.29 is 13.2 Å². The van der Waals surface area contributed by atoms with E-state index in [1.807, 2.05) is 6.92 Å². The van der Waals surface area contributed by atoms with E-state index in [1.54, 1.807) is 12.1 Å². The van der Waals surface area contributed by atoms with Crippen LogP contribution in [0.3, 0.4) is 0 Å². The molecule has 1 atom stereocenters. The van der Waals surface area contributed by atoms with Crippen molar-refractivity contribution >= 4 is 11.3 Å². The molecular weight excluding hydrogens is 259 g/mol. The van der Waals surface area contributed by atoms with Crippen molar-refractivity contribution in [2.24, 2.45) is 5.73 Å². The molecule has 18 heavy (non-hydrogen) atoms. The van der Waals surface area contributed by atoms with Crippen molar-refractivity contribution in [2.45, 2.75) is 19.4 Å². The molecule has 0 fully saturated rings. The van der Waals surface area contributed by atoms with Gasteiger partial charge in [0.15, 0.2) is 11.6 Å². The van der Waals surface area contributed by atoms with Crippen LogP contribution in [0.25, 0.3) is 10.4 Å². The van der Waals surface area contributed by atoms with Crippen molar-refractivity contribution in [1.82, 2.24) is 0 Å². The number of rotatable bonds is 3. The van der Waals surface area contributed by atoms with Crippen LogP contribution in [0, 0.1) is 17.5 Å². The Morgan fingerprint density at radius 2 is 1.78 bits per heavy atom. The molecule has 2 rings (SSSR count). The first-order valence-electron chi connectivity index (χ1n) is 5.53. The predicted molar refractivity (Wildman–Crippen MR) is 66.8 cm³/mol. The molecule has 0 saturated heterocycles. The Morgan fingerprint density at radius 1 is 1.11 bits per heavy atom. The van der Waals surface area contributed by atoms with E-state index in [-0.39, 0.29) is 11.6 Å². The monoisotopic (exact) mass is 271 g/mol. The van der Waals surface area contributed by atoms with Gasteiger partial charge in [-0.2, -0.15) is 0 Å². The number of benzene rings is 1. The molecule has 0 aliphatic rings. The average Bonchev–Trinajstić information content (AvgIpc) is 2.82. The lowest BCUT2D eigenvalue weighted by Crippen LogP contribution is -2.05. The van der Waals surface area contributed by atoms with Crippen LogP contribution in [0.2, 0.25) is 0 Å². The van der Waals surface area contributed by atoms with Gasteiger partial charge < -0.3 is 5.73 Å². The van der Waals surface area contributed by atoms with Crippen LogP contribution in [-0.2, 0) is 0 Å². The molecule has 2 aromatic rings. The molecule has 0 aliphatic heterocycles. The van der Waals surface area contributed by atoms with Crippen LogP contribution >= 0.6 is 11.3 Å². The molecule has 0 bridgehead atoms. The molecule has 96 valence electrons. The number of halogens is 3.